The molecule has 0 atom stereocenters. The second kappa shape index (κ2) is 7.28. The minimum absolute atomic E-state index is 0.280. The first-order chi connectivity index (χ1) is 8.26. The molecule has 3 nitrogen and oxygen atoms in total. The van der Waals surface area contributed by atoms with Gasteiger partial charge in [-0.15, -0.1) is 0 Å². The molecular weight excluding hydrogens is 216 g/mol. The topological polar surface area (TPSA) is 35.5 Å². The largest absolute Gasteiger partial charge is 0.497 e. The van der Waals surface area contributed by atoms with Crippen LogP contribution in [-0.2, 0) is 20.9 Å². The normalized spacial score (nSPS) is 11.5. The van der Waals surface area contributed by atoms with E-state index >= 15 is 0 Å². The number of methoxy groups -OCH3 is 1. The maximum atomic E-state index is 11.4. The van der Waals surface area contributed by atoms with Crippen molar-refractivity contribution in [3.63, 3.8) is 0 Å². The predicted octanol–water partition coefficient (Wildman–Crippen LogP) is 2.84. The second-order valence-electron chi connectivity index (χ2n) is 3.32. The molecule has 1 aromatic carbocycles. The van der Waals surface area contributed by atoms with Gasteiger partial charge in [0.1, 0.15) is 12.4 Å². The van der Waals surface area contributed by atoms with Crippen LogP contribution in [0, 0.1) is 0 Å². The summed E-state index contributed by atoms with van der Waals surface area (Å²) < 4.78 is 10.0. The molecule has 1 aromatic rings. The van der Waals surface area contributed by atoms with Gasteiger partial charge in [0.25, 0.3) is 0 Å². The van der Waals surface area contributed by atoms with Crippen molar-refractivity contribution >= 4 is 5.97 Å². The predicted molar refractivity (Wildman–Crippen MR) is 66.1 cm³/mol. The van der Waals surface area contributed by atoms with Crippen LogP contribution in [0.5, 0.6) is 0 Å². The molecule has 0 unspecified atom stereocenters. The average Bonchev–Trinajstić information content (AvgIpc) is 2.39. The number of allylic oxidation sites excluding steroid dienone is 2. The van der Waals surface area contributed by atoms with Gasteiger partial charge in [-0.3, -0.25) is 0 Å². The van der Waals surface area contributed by atoms with Gasteiger partial charge in [-0.1, -0.05) is 30.3 Å². The summed E-state index contributed by atoms with van der Waals surface area (Å²) in [5, 5.41) is 0. The van der Waals surface area contributed by atoms with Gasteiger partial charge in [0.15, 0.2) is 0 Å². The molecule has 0 N–H and O–H groups in total. The van der Waals surface area contributed by atoms with Crippen LogP contribution >= 0.6 is 0 Å². The minimum Gasteiger partial charge on any atom is -0.497 e. The molecule has 0 saturated carbocycles. The lowest BCUT2D eigenvalue weighted by molar-refractivity contribution is -0.139. The third kappa shape index (κ3) is 5.02. The summed E-state index contributed by atoms with van der Waals surface area (Å²) in [6.45, 7) is 2.11. The SMILES string of the molecule is C/C=C(\C=C/C(=O)OCc1ccccc1)OC. The summed E-state index contributed by atoms with van der Waals surface area (Å²) in [5.41, 5.74) is 0.965. The van der Waals surface area contributed by atoms with Gasteiger partial charge in [0.2, 0.25) is 0 Å². The Morgan fingerprint density at radius 1 is 1.24 bits per heavy atom. The highest BCUT2D eigenvalue weighted by Crippen LogP contribution is 2.02. The number of carbonyl (C=O) groups is 1. The molecule has 0 fully saturated rings. The molecule has 90 valence electrons. The Hall–Kier alpha value is -2.03. The highest BCUT2D eigenvalue weighted by atomic mass is 16.5. The van der Waals surface area contributed by atoms with Crippen LogP contribution in [0.1, 0.15) is 12.5 Å². The first kappa shape index (κ1) is 13.0. The van der Waals surface area contributed by atoms with Crippen molar-refractivity contribution in [2.75, 3.05) is 7.11 Å². The van der Waals surface area contributed by atoms with Crippen LogP contribution in [0.4, 0.5) is 0 Å². The number of esters is 1. The zero-order valence-electron chi connectivity index (χ0n) is 10.1. The lowest BCUT2D eigenvalue weighted by Gasteiger charge is -2.02. The highest BCUT2D eigenvalue weighted by molar-refractivity contribution is 5.82. The Morgan fingerprint density at radius 3 is 2.53 bits per heavy atom. The molecular formula is C14H16O3. The number of benzene rings is 1. The molecule has 0 aromatic heterocycles. The van der Waals surface area contributed by atoms with Crippen LogP contribution in [0.15, 0.2) is 54.3 Å². The average molecular weight is 232 g/mol. The summed E-state index contributed by atoms with van der Waals surface area (Å²) in [6, 6.07) is 9.54. The van der Waals surface area contributed by atoms with Gasteiger partial charge in [-0.25, -0.2) is 4.79 Å². The van der Waals surface area contributed by atoms with E-state index in [0.717, 1.165) is 5.56 Å². The smallest absolute Gasteiger partial charge is 0.331 e. The summed E-state index contributed by atoms with van der Waals surface area (Å²) >= 11 is 0. The van der Waals surface area contributed by atoms with Crippen LogP contribution in [-0.4, -0.2) is 13.1 Å². The monoisotopic (exact) mass is 232 g/mol. The molecule has 0 heterocycles. The molecule has 0 radical (unpaired) electrons. The van der Waals surface area contributed by atoms with E-state index in [1.807, 2.05) is 37.3 Å². The van der Waals surface area contributed by atoms with Crippen molar-refractivity contribution in [3.05, 3.63) is 59.9 Å². The number of hydrogen-bond donors (Lipinski definition) is 0. The zero-order valence-corrected chi connectivity index (χ0v) is 10.1. The summed E-state index contributed by atoms with van der Waals surface area (Å²) in [7, 11) is 1.55. The minimum atomic E-state index is -0.384. The van der Waals surface area contributed by atoms with Crippen molar-refractivity contribution in [2.24, 2.45) is 0 Å². The van der Waals surface area contributed by atoms with Gasteiger partial charge in [-0.2, -0.15) is 0 Å². The van der Waals surface area contributed by atoms with E-state index in [1.165, 1.54) is 6.08 Å². The number of rotatable bonds is 5. The van der Waals surface area contributed by atoms with Gasteiger partial charge in [-0.05, 0) is 24.6 Å². The third-order valence-corrected chi connectivity index (χ3v) is 2.13. The van der Waals surface area contributed by atoms with E-state index in [-0.39, 0.29) is 12.6 Å². The fourth-order valence-corrected chi connectivity index (χ4v) is 1.21. The Bertz CT molecular complexity index is 405. The summed E-state index contributed by atoms with van der Waals surface area (Å²) in [4.78, 5) is 11.4. The first-order valence-corrected chi connectivity index (χ1v) is 5.35. The van der Waals surface area contributed by atoms with Crippen molar-refractivity contribution < 1.29 is 14.3 Å². The van der Waals surface area contributed by atoms with Crippen molar-refractivity contribution in [1.82, 2.24) is 0 Å². The Labute approximate surface area is 101 Å². The second-order valence-corrected chi connectivity index (χ2v) is 3.32. The number of carbonyl (C=O) groups excluding carboxylic acids is 1. The third-order valence-electron chi connectivity index (χ3n) is 2.13. The molecule has 0 aliphatic rings. The molecule has 0 bridgehead atoms. The quantitative estimate of drug-likeness (QED) is 0.339. The molecule has 0 amide bonds. The Kier molecular flexibility index (Phi) is 5.58. The highest BCUT2D eigenvalue weighted by Gasteiger charge is 1.98. The Morgan fingerprint density at radius 2 is 1.94 bits per heavy atom. The molecule has 1 rings (SSSR count). The van der Waals surface area contributed by atoms with Gasteiger partial charge < -0.3 is 9.47 Å². The Balaban J connectivity index is 2.41. The van der Waals surface area contributed by atoms with E-state index in [9.17, 15) is 4.79 Å². The van der Waals surface area contributed by atoms with Crippen molar-refractivity contribution in [2.45, 2.75) is 13.5 Å². The zero-order chi connectivity index (χ0) is 12.5. The summed E-state index contributed by atoms with van der Waals surface area (Å²) in [5.74, 6) is 0.243. The number of ether oxygens (including phenoxy) is 2. The van der Waals surface area contributed by atoms with Crippen molar-refractivity contribution in [1.29, 1.82) is 0 Å². The summed E-state index contributed by atoms with van der Waals surface area (Å²) in [6.07, 6.45) is 4.69. The fraction of sp³-hybridized carbons (Fsp3) is 0.214. The van der Waals surface area contributed by atoms with E-state index < -0.39 is 0 Å². The van der Waals surface area contributed by atoms with Crippen LogP contribution in [0.2, 0.25) is 0 Å². The van der Waals surface area contributed by atoms with Crippen LogP contribution in [0.25, 0.3) is 0 Å². The molecule has 0 aliphatic carbocycles. The van der Waals surface area contributed by atoms with Gasteiger partial charge in [0, 0.05) is 6.08 Å². The molecule has 0 saturated heterocycles. The molecule has 0 aliphatic heterocycles. The van der Waals surface area contributed by atoms with Crippen LogP contribution < -0.4 is 0 Å². The number of hydrogen-bond acceptors (Lipinski definition) is 3. The van der Waals surface area contributed by atoms with E-state index in [2.05, 4.69) is 0 Å². The molecule has 17 heavy (non-hydrogen) atoms. The fourth-order valence-electron chi connectivity index (χ4n) is 1.21. The lowest BCUT2D eigenvalue weighted by Crippen LogP contribution is -2.00. The maximum absolute atomic E-state index is 11.4. The maximum Gasteiger partial charge on any atom is 0.331 e. The van der Waals surface area contributed by atoms with E-state index in [4.69, 9.17) is 9.47 Å². The van der Waals surface area contributed by atoms with Gasteiger partial charge in [0.05, 0.1) is 7.11 Å². The van der Waals surface area contributed by atoms with E-state index in [0.29, 0.717) is 5.76 Å². The van der Waals surface area contributed by atoms with Crippen molar-refractivity contribution in [3.8, 4) is 0 Å². The standard InChI is InChI=1S/C14H16O3/c1-3-13(16-2)9-10-14(15)17-11-12-7-5-4-6-8-12/h3-10H,11H2,1-2H3/b10-9-,13-3+. The first-order valence-electron chi connectivity index (χ1n) is 5.35. The lowest BCUT2D eigenvalue weighted by atomic mass is 10.2. The van der Waals surface area contributed by atoms with Crippen LogP contribution in [0.3, 0.4) is 0 Å². The van der Waals surface area contributed by atoms with Gasteiger partial charge >= 0.3 is 5.97 Å². The molecule has 0 spiro atoms. The van der Waals surface area contributed by atoms with E-state index in [1.54, 1.807) is 19.3 Å². The molecule has 3 heteroatoms.